The minimum Gasteiger partial charge on any atom is -0.332 e. The van der Waals surface area contributed by atoms with Crippen LogP contribution in [-0.2, 0) is 0 Å². The maximum absolute atomic E-state index is 5.24. The van der Waals surface area contributed by atoms with Gasteiger partial charge < -0.3 is 4.52 Å². The fourth-order valence-electron chi connectivity index (χ4n) is 1.84. The quantitative estimate of drug-likeness (QED) is 0.784. The average molecular weight is 258 g/mol. The van der Waals surface area contributed by atoms with Gasteiger partial charge in [-0.3, -0.25) is 5.10 Å². The lowest BCUT2D eigenvalue weighted by molar-refractivity contribution is 0.421. The Labute approximate surface area is 107 Å². The van der Waals surface area contributed by atoms with Crippen LogP contribution in [0.2, 0.25) is 0 Å². The summed E-state index contributed by atoms with van der Waals surface area (Å²) in [6, 6.07) is 6.00. The first-order valence-electron chi connectivity index (χ1n) is 5.83. The van der Waals surface area contributed by atoms with Crippen LogP contribution >= 0.6 is 11.3 Å². The van der Waals surface area contributed by atoms with Crippen LogP contribution in [0.4, 0.5) is 0 Å². The predicted molar refractivity (Wildman–Crippen MR) is 67.2 cm³/mol. The number of hydrogen-bond donors (Lipinski definition) is 1. The van der Waals surface area contributed by atoms with Crippen LogP contribution in [0.1, 0.15) is 24.6 Å². The van der Waals surface area contributed by atoms with E-state index >= 15 is 0 Å². The van der Waals surface area contributed by atoms with Gasteiger partial charge in [0.05, 0.1) is 10.6 Å². The van der Waals surface area contributed by atoms with Gasteiger partial charge in [0, 0.05) is 5.92 Å². The van der Waals surface area contributed by atoms with Gasteiger partial charge in [-0.05, 0) is 30.4 Å². The summed E-state index contributed by atoms with van der Waals surface area (Å²) in [7, 11) is 0. The summed E-state index contributed by atoms with van der Waals surface area (Å²) in [6.07, 6.45) is 2.33. The van der Waals surface area contributed by atoms with Crippen molar-refractivity contribution in [1.82, 2.24) is 20.3 Å². The third-order valence-corrected chi connectivity index (χ3v) is 3.87. The fourth-order valence-corrected chi connectivity index (χ4v) is 2.53. The van der Waals surface area contributed by atoms with Crippen molar-refractivity contribution in [3.63, 3.8) is 0 Å². The fraction of sp³-hybridized carbons (Fsp3) is 0.250. The second-order valence-corrected chi connectivity index (χ2v) is 5.32. The maximum Gasteiger partial charge on any atom is 0.278 e. The summed E-state index contributed by atoms with van der Waals surface area (Å²) in [5.74, 6) is 1.81. The second-order valence-electron chi connectivity index (χ2n) is 4.38. The van der Waals surface area contributed by atoms with Crippen LogP contribution in [0.25, 0.3) is 22.2 Å². The molecule has 3 aromatic heterocycles. The van der Waals surface area contributed by atoms with E-state index in [2.05, 4.69) is 20.3 Å². The molecule has 0 aliphatic heterocycles. The third-order valence-electron chi connectivity index (χ3n) is 2.97. The van der Waals surface area contributed by atoms with Gasteiger partial charge >= 0.3 is 0 Å². The number of aromatic amines is 1. The summed E-state index contributed by atoms with van der Waals surface area (Å²) in [5.41, 5.74) is 1.68. The molecule has 18 heavy (non-hydrogen) atoms. The maximum atomic E-state index is 5.24. The van der Waals surface area contributed by atoms with E-state index in [9.17, 15) is 0 Å². The molecule has 0 amide bonds. The molecular formula is C12H10N4OS. The van der Waals surface area contributed by atoms with Crippen LogP contribution in [0.5, 0.6) is 0 Å². The Kier molecular flexibility index (Phi) is 2.10. The molecule has 0 aromatic carbocycles. The normalized spacial score (nSPS) is 15.1. The van der Waals surface area contributed by atoms with Gasteiger partial charge in [0.15, 0.2) is 11.5 Å². The van der Waals surface area contributed by atoms with Gasteiger partial charge in [-0.15, -0.1) is 11.3 Å². The smallest absolute Gasteiger partial charge is 0.278 e. The molecule has 1 aliphatic rings. The van der Waals surface area contributed by atoms with Crippen molar-refractivity contribution in [2.24, 2.45) is 0 Å². The number of aromatic nitrogens is 4. The summed E-state index contributed by atoms with van der Waals surface area (Å²) in [6.45, 7) is 0. The summed E-state index contributed by atoms with van der Waals surface area (Å²) in [4.78, 5) is 5.53. The lowest BCUT2D eigenvalue weighted by Crippen LogP contribution is -1.82. The molecule has 0 bridgehead atoms. The summed E-state index contributed by atoms with van der Waals surface area (Å²) >= 11 is 1.67. The van der Waals surface area contributed by atoms with E-state index in [-0.39, 0.29) is 0 Å². The molecule has 0 saturated heterocycles. The SMILES string of the molecule is c1csc(-c2cc(-c3nc(C4CC4)no3)n[nH]2)c1. The molecule has 5 nitrogen and oxygen atoms in total. The Morgan fingerprint density at radius 2 is 2.33 bits per heavy atom. The monoisotopic (exact) mass is 258 g/mol. The number of nitrogens with one attached hydrogen (secondary N) is 1. The minimum absolute atomic E-state index is 0.496. The van der Waals surface area contributed by atoms with Gasteiger partial charge in [0.25, 0.3) is 5.89 Å². The van der Waals surface area contributed by atoms with Crippen LogP contribution in [0.3, 0.4) is 0 Å². The Morgan fingerprint density at radius 3 is 3.11 bits per heavy atom. The van der Waals surface area contributed by atoms with Gasteiger partial charge in [0.1, 0.15) is 0 Å². The minimum atomic E-state index is 0.496. The summed E-state index contributed by atoms with van der Waals surface area (Å²) in [5, 5.41) is 13.2. The van der Waals surface area contributed by atoms with Gasteiger partial charge in [-0.2, -0.15) is 10.1 Å². The Hall–Kier alpha value is -1.95. The average Bonchev–Trinajstić information content (AvgIpc) is 2.91. The highest BCUT2D eigenvalue weighted by molar-refractivity contribution is 7.13. The molecule has 3 heterocycles. The van der Waals surface area contributed by atoms with Crippen LogP contribution in [-0.4, -0.2) is 20.3 Å². The van der Waals surface area contributed by atoms with E-state index in [0.717, 1.165) is 16.4 Å². The molecule has 1 fully saturated rings. The predicted octanol–water partition coefficient (Wildman–Crippen LogP) is 3.07. The molecule has 0 spiro atoms. The van der Waals surface area contributed by atoms with E-state index in [4.69, 9.17) is 4.52 Å². The van der Waals surface area contributed by atoms with Crippen LogP contribution in [0.15, 0.2) is 28.1 Å². The number of hydrogen-bond acceptors (Lipinski definition) is 5. The van der Waals surface area contributed by atoms with Crippen molar-refractivity contribution in [1.29, 1.82) is 0 Å². The van der Waals surface area contributed by atoms with E-state index in [1.54, 1.807) is 11.3 Å². The highest BCUT2D eigenvalue weighted by Gasteiger charge is 2.29. The number of rotatable bonds is 3. The number of H-pyrrole nitrogens is 1. The molecule has 1 saturated carbocycles. The molecule has 0 radical (unpaired) electrons. The van der Waals surface area contributed by atoms with E-state index in [1.807, 2.05) is 23.6 Å². The van der Waals surface area contributed by atoms with Crippen molar-refractivity contribution in [2.75, 3.05) is 0 Å². The molecule has 0 atom stereocenters. The first kappa shape index (κ1) is 10.0. The van der Waals surface area contributed by atoms with Gasteiger partial charge in [0.2, 0.25) is 0 Å². The Morgan fingerprint density at radius 1 is 1.39 bits per heavy atom. The number of nitrogens with zero attached hydrogens (tertiary/aromatic N) is 3. The van der Waals surface area contributed by atoms with Crippen molar-refractivity contribution >= 4 is 11.3 Å². The molecule has 1 N–H and O–H groups in total. The highest BCUT2D eigenvalue weighted by atomic mass is 32.1. The molecule has 3 aromatic rings. The first-order valence-corrected chi connectivity index (χ1v) is 6.71. The van der Waals surface area contributed by atoms with E-state index in [0.29, 0.717) is 17.5 Å². The third kappa shape index (κ3) is 1.65. The zero-order chi connectivity index (χ0) is 11.9. The van der Waals surface area contributed by atoms with Crippen molar-refractivity contribution in [3.8, 4) is 22.2 Å². The van der Waals surface area contributed by atoms with E-state index < -0.39 is 0 Å². The zero-order valence-electron chi connectivity index (χ0n) is 9.46. The number of thiophene rings is 1. The zero-order valence-corrected chi connectivity index (χ0v) is 10.3. The lowest BCUT2D eigenvalue weighted by atomic mass is 10.3. The van der Waals surface area contributed by atoms with Crippen molar-refractivity contribution in [3.05, 3.63) is 29.4 Å². The highest BCUT2D eigenvalue weighted by Crippen LogP contribution is 2.38. The van der Waals surface area contributed by atoms with E-state index in [1.165, 1.54) is 12.8 Å². The van der Waals surface area contributed by atoms with Crippen molar-refractivity contribution < 1.29 is 4.52 Å². The Balaban J connectivity index is 1.67. The molecule has 6 heteroatoms. The molecule has 4 rings (SSSR count). The second kappa shape index (κ2) is 3.78. The van der Waals surface area contributed by atoms with Gasteiger partial charge in [-0.25, -0.2) is 0 Å². The standard InChI is InChI=1S/C12H10N4OS/c1-2-10(18-5-1)8-6-9(15-14-8)12-13-11(16-17-12)7-3-4-7/h1-2,5-7H,3-4H2,(H,14,15). The molecule has 1 aliphatic carbocycles. The molecule has 0 unspecified atom stereocenters. The lowest BCUT2D eigenvalue weighted by Gasteiger charge is -1.86. The van der Waals surface area contributed by atoms with Crippen LogP contribution < -0.4 is 0 Å². The topological polar surface area (TPSA) is 67.6 Å². The van der Waals surface area contributed by atoms with Crippen LogP contribution in [0, 0.1) is 0 Å². The Bertz CT molecular complexity index is 666. The largest absolute Gasteiger partial charge is 0.332 e. The first-order chi connectivity index (χ1) is 8.90. The molecular weight excluding hydrogens is 248 g/mol. The van der Waals surface area contributed by atoms with Gasteiger partial charge in [-0.1, -0.05) is 11.2 Å². The summed E-state index contributed by atoms with van der Waals surface area (Å²) < 4.78 is 5.24. The van der Waals surface area contributed by atoms with Crippen molar-refractivity contribution in [2.45, 2.75) is 18.8 Å². The molecule has 90 valence electrons.